The first-order valence-corrected chi connectivity index (χ1v) is 8.19. The molecule has 0 spiro atoms. The van der Waals surface area contributed by atoms with Gasteiger partial charge in [-0.3, -0.25) is 0 Å². The van der Waals surface area contributed by atoms with Crippen LogP contribution in [0.2, 0.25) is 0 Å². The van der Waals surface area contributed by atoms with Crippen molar-refractivity contribution in [3.63, 3.8) is 0 Å². The monoisotopic (exact) mass is 362 g/mol. The lowest BCUT2D eigenvalue weighted by molar-refractivity contribution is 0.0595. The fourth-order valence-corrected chi connectivity index (χ4v) is 3.27. The van der Waals surface area contributed by atoms with Crippen LogP contribution in [-0.4, -0.2) is 13.1 Å². The maximum atomic E-state index is 12.2. The van der Waals surface area contributed by atoms with Gasteiger partial charge in [0.2, 0.25) is 0 Å². The molecule has 0 aliphatic rings. The van der Waals surface area contributed by atoms with Crippen molar-refractivity contribution in [2.45, 2.75) is 6.92 Å². The Bertz CT molecular complexity index is 1310. The van der Waals surface area contributed by atoms with Gasteiger partial charge in [-0.15, -0.1) is 0 Å². The number of fused-ring (bicyclic) bond motifs is 3. The molecule has 0 amide bonds. The number of esters is 1. The normalized spacial score (nSPS) is 11.0. The van der Waals surface area contributed by atoms with Crippen LogP contribution in [0.15, 0.2) is 67.0 Å². The zero-order chi connectivity index (χ0) is 19.1. The highest BCUT2D eigenvalue weighted by atomic mass is 16.5. The van der Waals surface area contributed by atoms with E-state index in [9.17, 15) is 14.4 Å². The molecule has 0 N–H and O–H groups in total. The smallest absolute Gasteiger partial charge is 0.351 e. The van der Waals surface area contributed by atoms with Gasteiger partial charge >= 0.3 is 17.2 Å². The number of hydrogen-bond acceptors (Lipinski definition) is 6. The number of benzene rings is 2. The van der Waals surface area contributed by atoms with Gasteiger partial charge in [-0.1, -0.05) is 30.3 Å². The van der Waals surface area contributed by atoms with Crippen LogP contribution in [-0.2, 0) is 4.74 Å². The fraction of sp³-hybridized carbons (Fsp3) is 0.0952. The fourth-order valence-electron chi connectivity index (χ4n) is 3.27. The zero-order valence-corrected chi connectivity index (χ0v) is 14.6. The van der Waals surface area contributed by atoms with Crippen LogP contribution in [0.4, 0.5) is 0 Å². The molecule has 27 heavy (non-hydrogen) atoms. The Kier molecular flexibility index (Phi) is 3.88. The SMILES string of the molecule is COC(=O)c1c(C)c2c(ccc3c(-c4ccccc4)cc(=O)oc32)oc1=O. The minimum Gasteiger partial charge on any atom is -0.465 e. The topological polar surface area (TPSA) is 86.7 Å². The summed E-state index contributed by atoms with van der Waals surface area (Å²) >= 11 is 0. The first-order valence-electron chi connectivity index (χ1n) is 8.19. The molecule has 0 aliphatic heterocycles. The van der Waals surface area contributed by atoms with Crippen LogP contribution in [0.25, 0.3) is 33.1 Å². The van der Waals surface area contributed by atoms with E-state index in [2.05, 4.69) is 4.74 Å². The lowest BCUT2D eigenvalue weighted by Crippen LogP contribution is -2.17. The highest BCUT2D eigenvalue weighted by Crippen LogP contribution is 2.33. The Morgan fingerprint density at radius 1 is 1.00 bits per heavy atom. The number of hydrogen-bond donors (Lipinski definition) is 0. The third-order valence-corrected chi connectivity index (χ3v) is 4.51. The summed E-state index contributed by atoms with van der Waals surface area (Å²) < 4.78 is 15.4. The van der Waals surface area contributed by atoms with Crippen LogP contribution in [0.5, 0.6) is 0 Å². The molecule has 6 nitrogen and oxygen atoms in total. The van der Waals surface area contributed by atoms with Crippen molar-refractivity contribution in [1.29, 1.82) is 0 Å². The summed E-state index contributed by atoms with van der Waals surface area (Å²) in [7, 11) is 1.18. The molecule has 0 saturated heterocycles. The third-order valence-electron chi connectivity index (χ3n) is 4.51. The summed E-state index contributed by atoms with van der Waals surface area (Å²) in [4.78, 5) is 36.4. The standard InChI is InChI=1S/C21H14O6/c1-11-17-15(26-21(24)18(11)20(23)25-2)9-8-13-14(10-16(22)27-19(13)17)12-6-4-3-5-7-12/h3-10H,1-2H3. The molecular formula is C21H14O6. The Morgan fingerprint density at radius 2 is 1.74 bits per heavy atom. The molecule has 0 fully saturated rings. The molecule has 0 saturated carbocycles. The first-order chi connectivity index (χ1) is 13.0. The number of rotatable bonds is 2. The van der Waals surface area contributed by atoms with Gasteiger partial charge in [0.05, 0.1) is 12.5 Å². The minimum atomic E-state index is -0.804. The molecule has 0 aliphatic carbocycles. The molecule has 2 heterocycles. The van der Waals surface area contributed by atoms with Gasteiger partial charge in [0, 0.05) is 11.5 Å². The van der Waals surface area contributed by atoms with E-state index in [0.29, 0.717) is 21.9 Å². The molecule has 0 unspecified atom stereocenters. The van der Waals surface area contributed by atoms with Crippen molar-refractivity contribution in [2.24, 2.45) is 0 Å². The number of methoxy groups -OCH3 is 1. The molecule has 4 rings (SSSR count). The summed E-state index contributed by atoms with van der Waals surface area (Å²) in [6.07, 6.45) is 0. The van der Waals surface area contributed by atoms with Crippen molar-refractivity contribution in [3.05, 3.63) is 80.5 Å². The average Bonchev–Trinajstić information content (AvgIpc) is 2.67. The van der Waals surface area contributed by atoms with E-state index in [0.717, 1.165) is 5.56 Å². The molecular weight excluding hydrogens is 348 g/mol. The average molecular weight is 362 g/mol. The number of aryl methyl sites for hydroxylation is 1. The van der Waals surface area contributed by atoms with Crippen molar-refractivity contribution < 1.29 is 18.4 Å². The van der Waals surface area contributed by atoms with E-state index >= 15 is 0 Å². The van der Waals surface area contributed by atoms with E-state index in [4.69, 9.17) is 8.83 Å². The summed E-state index contributed by atoms with van der Waals surface area (Å²) in [5.74, 6) is -0.804. The molecule has 2 aromatic carbocycles. The second-order valence-electron chi connectivity index (χ2n) is 6.04. The lowest BCUT2D eigenvalue weighted by Gasteiger charge is -2.10. The molecule has 2 aromatic heterocycles. The molecule has 4 aromatic rings. The van der Waals surface area contributed by atoms with Gasteiger partial charge in [-0.25, -0.2) is 14.4 Å². The Morgan fingerprint density at radius 3 is 2.44 bits per heavy atom. The largest absolute Gasteiger partial charge is 0.465 e. The maximum Gasteiger partial charge on any atom is 0.351 e. The molecule has 0 atom stereocenters. The van der Waals surface area contributed by atoms with Gasteiger partial charge < -0.3 is 13.6 Å². The van der Waals surface area contributed by atoms with Gasteiger partial charge in [0.1, 0.15) is 16.7 Å². The molecule has 0 radical (unpaired) electrons. The predicted molar refractivity (Wildman–Crippen MR) is 100 cm³/mol. The summed E-state index contributed by atoms with van der Waals surface area (Å²) in [5.41, 5.74) is 0.798. The minimum absolute atomic E-state index is 0.217. The highest BCUT2D eigenvalue weighted by molar-refractivity contribution is 6.10. The van der Waals surface area contributed by atoms with Crippen molar-refractivity contribution in [2.75, 3.05) is 7.11 Å². The second kappa shape index (κ2) is 6.25. The van der Waals surface area contributed by atoms with Crippen LogP contribution < -0.4 is 11.3 Å². The van der Waals surface area contributed by atoms with Gasteiger partial charge in [-0.05, 0) is 35.7 Å². The molecule has 6 heteroatoms. The van der Waals surface area contributed by atoms with Gasteiger partial charge in [-0.2, -0.15) is 0 Å². The van der Waals surface area contributed by atoms with E-state index in [1.54, 1.807) is 19.1 Å². The summed E-state index contributed by atoms with van der Waals surface area (Å²) in [5, 5.41) is 1.06. The van der Waals surface area contributed by atoms with Crippen molar-refractivity contribution in [3.8, 4) is 11.1 Å². The van der Waals surface area contributed by atoms with Gasteiger partial charge in [0.15, 0.2) is 0 Å². The quantitative estimate of drug-likeness (QED) is 0.307. The van der Waals surface area contributed by atoms with Crippen molar-refractivity contribution >= 4 is 27.9 Å². The second-order valence-corrected chi connectivity index (χ2v) is 6.04. The lowest BCUT2D eigenvalue weighted by atomic mass is 9.98. The number of ether oxygens (including phenoxy) is 1. The van der Waals surface area contributed by atoms with E-state index < -0.39 is 17.2 Å². The summed E-state index contributed by atoms with van der Waals surface area (Å²) in [6, 6.07) is 14.2. The summed E-state index contributed by atoms with van der Waals surface area (Å²) in [6.45, 7) is 1.60. The van der Waals surface area contributed by atoms with Crippen LogP contribution in [0.3, 0.4) is 0 Å². The Hall–Kier alpha value is -3.67. The predicted octanol–water partition coefficient (Wildman–Crippen LogP) is 3.66. The van der Waals surface area contributed by atoms with Crippen LogP contribution in [0.1, 0.15) is 15.9 Å². The molecule has 134 valence electrons. The molecule has 0 bridgehead atoms. The Labute approximate surface area is 152 Å². The number of carbonyl (C=O) groups excluding carboxylic acids is 1. The number of carbonyl (C=O) groups is 1. The van der Waals surface area contributed by atoms with Gasteiger partial charge in [0.25, 0.3) is 0 Å². The van der Waals surface area contributed by atoms with Crippen molar-refractivity contribution in [1.82, 2.24) is 0 Å². The van der Waals surface area contributed by atoms with Crippen LogP contribution in [0, 0.1) is 6.92 Å². The zero-order valence-electron chi connectivity index (χ0n) is 14.6. The third kappa shape index (κ3) is 2.62. The maximum absolute atomic E-state index is 12.2. The first kappa shape index (κ1) is 16.8. The van der Waals surface area contributed by atoms with Crippen LogP contribution >= 0.6 is 0 Å². The van der Waals surface area contributed by atoms with E-state index in [1.165, 1.54) is 13.2 Å². The van der Waals surface area contributed by atoms with E-state index in [-0.39, 0.29) is 16.7 Å². The Balaban J connectivity index is 2.19. The van der Waals surface area contributed by atoms with E-state index in [1.807, 2.05) is 30.3 Å². The highest BCUT2D eigenvalue weighted by Gasteiger charge is 2.22.